The molecular formula is C13H14N4. The average molecular weight is 226 g/mol. The zero-order valence-electron chi connectivity index (χ0n) is 9.74. The van der Waals surface area contributed by atoms with Crippen LogP contribution in [0.2, 0.25) is 0 Å². The highest BCUT2D eigenvalue weighted by molar-refractivity contribution is 5.74. The molecule has 86 valence electrons. The van der Waals surface area contributed by atoms with Gasteiger partial charge in [-0.3, -0.25) is 0 Å². The molecule has 4 heteroatoms. The van der Waals surface area contributed by atoms with Gasteiger partial charge in [0.1, 0.15) is 5.82 Å². The van der Waals surface area contributed by atoms with Crippen molar-refractivity contribution in [1.82, 2.24) is 19.1 Å². The van der Waals surface area contributed by atoms with E-state index in [9.17, 15) is 0 Å². The Morgan fingerprint density at radius 3 is 2.88 bits per heavy atom. The molecule has 0 atom stereocenters. The second kappa shape index (κ2) is 4.05. The number of nitrogens with zero attached hydrogens (tertiary/aromatic N) is 4. The minimum absolute atomic E-state index is 0.908. The van der Waals surface area contributed by atoms with Crippen LogP contribution < -0.4 is 0 Å². The molecule has 0 fully saturated rings. The van der Waals surface area contributed by atoms with Crippen LogP contribution in [0.1, 0.15) is 5.82 Å². The third-order valence-corrected chi connectivity index (χ3v) is 3.02. The first-order valence-corrected chi connectivity index (χ1v) is 5.70. The lowest BCUT2D eigenvalue weighted by molar-refractivity contribution is 0.663. The van der Waals surface area contributed by atoms with E-state index in [2.05, 4.69) is 25.2 Å². The summed E-state index contributed by atoms with van der Waals surface area (Å²) in [5.41, 5.74) is 2.23. The van der Waals surface area contributed by atoms with E-state index in [1.54, 1.807) is 0 Å². The van der Waals surface area contributed by atoms with E-state index in [0.29, 0.717) is 0 Å². The predicted molar refractivity (Wildman–Crippen MR) is 66.6 cm³/mol. The minimum atomic E-state index is 0.908. The van der Waals surface area contributed by atoms with Gasteiger partial charge in [-0.15, -0.1) is 0 Å². The highest BCUT2D eigenvalue weighted by Crippen LogP contribution is 2.12. The second-order valence-corrected chi connectivity index (χ2v) is 4.13. The van der Waals surface area contributed by atoms with E-state index >= 15 is 0 Å². The lowest BCUT2D eigenvalue weighted by atomic mass is 10.3. The summed E-state index contributed by atoms with van der Waals surface area (Å²) in [5.74, 6) is 1.10. The molecule has 3 aromatic rings. The molecule has 0 N–H and O–H groups in total. The standard InChI is InChI=1S/C13H14N4/c1-16-9-7-14-13(16)6-8-17-10-15-11-4-2-3-5-12(11)17/h2-5,7,9-10H,6,8H2,1H3. The molecule has 0 saturated heterocycles. The van der Waals surface area contributed by atoms with Crippen LogP contribution in [0.3, 0.4) is 0 Å². The number of fused-ring (bicyclic) bond motifs is 1. The Labute approximate surface area is 99.5 Å². The summed E-state index contributed by atoms with van der Waals surface area (Å²) in [7, 11) is 2.02. The van der Waals surface area contributed by atoms with Gasteiger partial charge in [-0.2, -0.15) is 0 Å². The van der Waals surface area contributed by atoms with Gasteiger partial charge in [-0.05, 0) is 12.1 Å². The van der Waals surface area contributed by atoms with Gasteiger partial charge >= 0.3 is 0 Å². The molecule has 1 aromatic carbocycles. The molecule has 0 radical (unpaired) electrons. The first-order chi connectivity index (χ1) is 8.34. The van der Waals surface area contributed by atoms with Gasteiger partial charge in [0, 0.05) is 32.4 Å². The number of aryl methyl sites for hydroxylation is 3. The Bertz CT molecular complexity index is 635. The second-order valence-electron chi connectivity index (χ2n) is 4.13. The molecule has 2 aromatic heterocycles. The molecule has 0 aliphatic carbocycles. The van der Waals surface area contributed by atoms with Crippen LogP contribution in [-0.2, 0) is 20.0 Å². The van der Waals surface area contributed by atoms with Gasteiger partial charge in [-0.1, -0.05) is 12.1 Å². The Morgan fingerprint density at radius 1 is 1.18 bits per heavy atom. The lowest BCUT2D eigenvalue weighted by Gasteiger charge is -2.04. The van der Waals surface area contributed by atoms with Gasteiger partial charge in [0.05, 0.1) is 17.4 Å². The van der Waals surface area contributed by atoms with Crippen molar-refractivity contribution in [2.75, 3.05) is 0 Å². The van der Waals surface area contributed by atoms with Gasteiger partial charge in [0.2, 0.25) is 0 Å². The molecule has 3 rings (SSSR count). The summed E-state index contributed by atoms with van der Waals surface area (Å²) in [6.07, 6.45) is 6.63. The Kier molecular flexibility index (Phi) is 2.40. The van der Waals surface area contributed by atoms with E-state index in [-0.39, 0.29) is 0 Å². The lowest BCUT2D eigenvalue weighted by Crippen LogP contribution is -2.04. The molecule has 0 spiro atoms. The fourth-order valence-electron chi connectivity index (χ4n) is 2.05. The summed E-state index contributed by atoms with van der Waals surface area (Å²) >= 11 is 0. The first kappa shape index (κ1) is 10.1. The quantitative estimate of drug-likeness (QED) is 0.685. The fraction of sp³-hybridized carbons (Fsp3) is 0.231. The topological polar surface area (TPSA) is 35.6 Å². The van der Waals surface area contributed by atoms with Crippen LogP contribution in [0.25, 0.3) is 11.0 Å². The van der Waals surface area contributed by atoms with E-state index < -0.39 is 0 Å². The van der Waals surface area contributed by atoms with E-state index in [1.807, 2.05) is 44.0 Å². The van der Waals surface area contributed by atoms with Crippen molar-refractivity contribution in [2.45, 2.75) is 13.0 Å². The van der Waals surface area contributed by atoms with Gasteiger partial charge in [-0.25, -0.2) is 9.97 Å². The van der Waals surface area contributed by atoms with Gasteiger partial charge in [0.15, 0.2) is 0 Å². The zero-order valence-corrected chi connectivity index (χ0v) is 9.74. The highest BCUT2D eigenvalue weighted by atomic mass is 15.1. The maximum absolute atomic E-state index is 4.38. The predicted octanol–water partition coefficient (Wildman–Crippen LogP) is 2.01. The van der Waals surface area contributed by atoms with E-state index in [4.69, 9.17) is 0 Å². The smallest absolute Gasteiger partial charge is 0.110 e. The number of hydrogen-bond acceptors (Lipinski definition) is 2. The van der Waals surface area contributed by atoms with Gasteiger partial charge in [0.25, 0.3) is 0 Å². The van der Waals surface area contributed by atoms with Crippen molar-refractivity contribution in [3.05, 3.63) is 48.8 Å². The largest absolute Gasteiger partial charge is 0.338 e. The van der Waals surface area contributed by atoms with Crippen LogP contribution in [0.4, 0.5) is 0 Å². The Morgan fingerprint density at radius 2 is 2.06 bits per heavy atom. The van der Waals surface area contributed by atoms with Crippen LogP contribution in [0.5, 0.6) is 0 Å². The molecule has 0 saturated carbocycles. The van der Waals surface area contributed by atoms with Crippen LogP contribution in [0.15, 0.2) is 43.0 Å². The SMILES string of the molecule is Cn1ccnc1CCn1cnc2ccccc21. The average Bonchev–Trinajstić information content (AvgIpc) is 2.93. The number of benzene rings is 1. The molecule has 0 bridgehead atoms. The monoisotopic (exact) mass is 226 g/mol. The number of rotatable bonds is 3. The number of aromatic nitrogens is 4. The third-order valence-electron chi connectivity index (χ3n) is 3.02. The molecule has 0 unspecified atom stereocenters. The molecule has 4 nitrogen and oxygen atoms in total. The molecule has 2 heterocycles. The summed E-state index contributed by atoms with van der Waals surface area (Å²) < 4.78 is 4.23. The maximum atomic E-state index is 4.38. The third kappa shape index (κ3) is 1.82. The summed E-state index contributed by atoms with van der Waals surface area (Å²) in [4.78, 5) is 8.70. The summed E-state index contributed by atoms with van der Waals surface area (Å²) in [5, 5.41) is 0. The van der Waals surface area contributed by atoms with Gasteiger partial charge < -0.3 is 9.13 Å². The van der Waals surface area contributed by atoms with Crippen molar-refractivity contribution in [2.24, 2.45) is 7.05 Å². The molecular weight excluding hydrogens is 212 g/mol. The van der Waals surface area contributed by atoms with Crippen LogP contribution >= 0.6 is 0 Å². The first-order valence-electron chi connectivity index (χ1n) is 5.70. The van der Waals surface area contributed by atoms with E-state index in [0.717, 1.165) is 24.3 Å². The molecule has 0 aliphatic heterocycles. The number of para-hydroxylation sites is 2. The zero-order chi connectivity index (χ0) is 11.7. The van der Waals surface area contributed by atoms with Crippen molar-refractivity contribution >= 4 is 11.0 Å². The van der Waals surface area contributed by atoms with Crippen molar-refractivity contribution in [1.29, 1.82) is 0 Å². The highest BCUT2D eigenvalue weighted by Gasteiger charge is 2.03. The van der Waals surface area contributed by atoms with Crippen molar-refractivity contribution in [3.8, 4) is 0 Å². The normalized spacial score (nSPS) is 11.1. The van der Waals surface area contributed by atoms with Crippen molar-refractivity contribution in [3.63, 3.8) is 0 Å². The molecule has 0 aliphatic rings. The summed E-state index contributed by atoms with van der Waals surface area (Å²) in [6.45, 7) is 0.908. The van der Waals surface area contributed by atoms with Crippen LogP contribution in [-0.4, -0.2) is 19.1 Å². The summed E-state index contributed by atoms with van der Waals surface area (Å²) in [6, 6.07) is 8.19. The minimum Gasteiger partial charge on any atom is -0.338 e. The Hall–Kier alpha value is -2.10. The fourth-order valence-corrected chi connectivity index (χ4v) is 2.05. The van der Waals surface area contributed by atoms with Crippen molar-refractivity contribution < 1.29 is 0 Å². The number of hydrogen-bond donors (Lipinski definition) is 0. The maximum Gasteiger partial charge on any atom is 0.110 e. The molecule has 17 heavy (non-hydrogen) atoms. The van der Waals surface area contributed by atoms with E-state index in [1.165, 1.54) is 5.52 Å². The van der Waals surface area contributed by atoms with Crippen LogP contribution in [0, 0.1) is 0 Å². The number of imidazole rings is 2. The molecule has 0 amide bonds. The Balaban J connectivity index is 1.84.